The van der Waals surface area contributed by atoms with Crippen molar-refractivity contribution >= 4 is 34.8 Å². The summed E-state index contributed by atoms with van der Waals surface area (Å²) < 4.78 is 0. The van der Waals surface area contributed by atoms with Gasteiger partial charge in [-0.3, -0.25) is 4.79 Å². The normalized spacial score (nSPS) is 10.6. The van der Waals surface area contributed by atoms with Crippen LogP contribution in [0.4, 0.5) is 5.69 Å². The number of carbonyl (C=O) groups is 1. The summed E-state index contributed by atoms with van der Waals surface area (Å²) >= 11 is 12.0. The summed E-state index contributed by atoms with van der Waals surface area (Å²) in [5, 5.41) is 4.20. The van der Waals surface area contributed by atoms with E-state index in [1.165, 1.54) is 5.56 Å². The predicted molar refractivity (Wildman–Crippen MR) is 94.1 cm³/mol. The van der Waals surface area contributed by atoms with Gasteiger partial charge in [-0.05, 0) is 56.0 Å². The molecule has 22 heavy (non-hydrogen) atoms. The van der Waals surface area contributed by atoms with Gasteiger partial charge in [0, 0.05) is 22.2 Å². The molecule has 2 nitrogen and oxygen atoms in total. The van der Waals surface area contributed by atoms with Crippen molar-refractivity contribution in [2.45, 2.75) is 33.6 Å². The van der Waals surface area contributed by atoms with Crippen LogP contribution in [0.25, 0.3) is 0 Å². The molecule has 4 heteroatoms. The lowest BCUT2D eigenvalue weighted by atomic mass is 10.0. The Labute approximate surface area is 141 Å². The third-order valence-electron chi connectivity index (χ3n) is 3.58. The van der Waals surface area contributed by atoms with Crippen molar-refractivity contribution in [3.05, 3.63) is 62.6 Å². The van der Waals surface area contributed by atoms with Crippen molar-refractivity contribution in [1.82, 2.24) is 0 Å². The summed E-state index contributed by atoms with van der Waals surface area (Å²) in [7, 11) is 0. The predicted octanol–water partition coefficient (Wildman–Crippen LogP) is 5.49. The SMILES string of the molecule is Cc1cc(C)c(NC(=O)CCc2ccc(Cl)cc2Cl)c(C)c1. The molecule has 0 aliphatic heterocycles. The molecule has 0 radical (unpaired) electrons. The van der Waals surface area contributed by atoms with E-state index in [0.29, 0.717) is 22.9 Å². The Balaban J connectivity index is 2.02. The van der Waals surface area contributed by atoms with E-state index in [2.05, 4.69) is 17.4 Å². The summed E-state index contributed by atoms with van der Waals surface area (Å²) in [6.45, 7) is 6.06. The second-order valence-corrected chi connectivity index (χ2v) is 6.40. The molecule has 0 atom stereocenters. The molecular weight excluding hydrogens is 317 g/mol. The zero-order valence-electron chi connectivity index (χ0n) is 13.0. The van der Waals surface area contributed by atoms with Crippen LogP contribution in [-0.4, -0.2) is 5.91 Å². The van der Waals surface area contributed by atoms with E-state index in [4.69, 9.17) is 23.2 Å². The summed E-state index contributed by atoms with van der Waals surface area (Å²) in [6, 6.07) is 9.48. The molecule has 0 saturated carbocycles. The van der Waals surface area contributed by atoms with Gasteiger partial charge < -0.3 is 5.32 Å². The Morgan fingerprint density at radius 2 is 1.68 bits per heavy atom. The Bertz CT molecular complexity index is 687. The molecule has 0 heterocycles. The molecule has 0 aliphatic rings. The number of aryl methyl sites for hydroxylation is 4. The van der Waals surface area contributed by atoms with Crippen molar-refractivity contribution in [3.8, 4) is 0 Å². The molecule has 116 valence electrons. The maximum Gasteiger partial charge on any atom is 0.224 e. The van der Waals surface area contributed by atoms with E-state index in [1.54, 1.807) is 12.1 Å². The fraction of sp³-hybridized carbons (Fsp3) is 0.278. The molecule has 0 spiro atoms. The molecule has 0 bridgehead atoms. The first kappa shape index (κ1) is 16.9. The number of hydrogen-bond donors (Lipinski definition) is 1. The second-order valence-electron chi connectivity index (χ2n) is 5.56. The molecule has 2 rings (SSSR count). The van der Waals surface area contributed by atoms with E-state index < -0.39 is 0 Å². The zero-order valence-corrected chi connectivity index (χ0v) is 14.5. The van der Waals surface area contributed by atoms with Crippen LogP contribution in [-0.2, 0) is 11.2 Å². The van der Waals surface area contributed by atoms with Gasteiger partial charge in [0.2, 0.25) is 5.91 Å². The minimum Gasteiger partial charge on any atom is -0.326 e. The maximum absolute atomic E-state index is 12.2. The van der Waals surface area contributed by atoms with E-state index in [9.17, 15) is 4.79 Å². The van der Waals surface area contributed by atoms with Gasteiger partial charge in [-0.1, -0.05) is 47.0 Å². The molecule has 1 amide bonds. The third-order valence-corrected chi connectivity index (χ3v) is 4.16. The lowest BCUT2D eigenvalue weighted by molar-refractivity contribution is -0.116. The van der Waals surface area contributed by atoms with Crippen LogP contribution in [0.1, 0.15) is 28.7 Å². The van der Waals surface area contributed by atoms with E-state index in [0.717, 1.165) is 22.4 Å². The van der Waals surface area contributed by atoms with Crippen molar-refractivity contribution in [3.63, 3.8) is 0 Å². The summed E-state index contributed by atoms with van der Waals surface area (Å²) in [6.07, 6.45) is 0.972. The highest BCUT2D eigenvalue weighted by Crippen LogP contribution is 2.24. The molecule has 1 N–H and O–H groups in total. The number of benzene rings is 2. The van der Waals surface area contributed by atoms with Crippen molar-refractivity contribution in [2.75, 3.05) is 5.32 Å². The van der Waals surface area contributed by atoms with Gasteiger partial charge >= 0.3 is 0 Å². The first-order valence-corrected chi connectivity index (χ1v) is 7.94. The second kappa shape index (κ2) is 7.17. The van der Waals surface area contributed by atoms with Gasteiger partial charge in [0.1, 0.15) is 0 Å². The first-order chi connectivity index (χ1) is 10.4. The summed E-state index contributed by atoms with van der Waals surface area (Å²) in [5.74, 6) is -0.0129. The number of anilines is 1. The number of rotatable bonds is 4. The Hall–Kier alpha value is -1.51. The highest BCUT2D eigenvalue weighted by atomic mass is 35.5. The average molecular weight is 336 g/mol. The van der Waals surface area contributed by atoms with Crippen molar-refractivity contribution in [2.24, 2.45) is 0 Å². The topological polar surface area (TPSA) is 29.1 Å². The molecule has 2 aromatic rings. The quantitative estimate of drug-likeness (QED) is 0.786. The first-order valence-electron chi connectivity index (χ1n) is 7.18. The van der Waals surface area contributed by atoms with Crippen LogP contribution >= 0.6 is 23.2 Å². The molecule has 0 fully saturated rings. The van der Waals surface area contributed by atoms with Crippen molar-refractivity contribution in [1.29, 1.82) is 0 Å². The Morgan fingerprint density at radius 3 is 2.27 bits per heavy atom. The van der Waals surface area contributed by atoms with Crippen LogP contribution in [0.2, 0.25) is 10.0 Å². The molecule has 0 aromatic heterocycles. The Kier molecular flexibility index (Phi) is 5.49. The van der Waals surface area contributed by atoms with Gasteiger partial charge in [-0.25, -0.2) is 0 Å². The van der Waals surface area contributed by atoms with Crippen molar-refractivity contribution < 1.29 is 4.79 Å². The average Bonchev–Trinajstić information content (AvgIpc) is 2.42. The maximum atomic E-state index is 12.2. The van der Waals surface area contributed by atoms with Gasteiger partial charge in [0.15, 0.2) is 0 Å². The lowest BCUT2D eigenvalue weighted by Crippen LogP contribution is -2.14. The van der Waals surface area contributed by atoms with Gasteiger partial charge in [-0.2, -0.15) is 0 Å². The molecule has 0 aliphatic carbocycles. The third kappa shape index (κ3) is 4.25. The minimum absolute atomic E-state index is 0.0129. The van der Waals surface area contributed by atoms with Gasteiger partial charge in [0.25, 0.3) is 0 Å². The highest BCUT2D eigenvalue weighted by Gasteiger charge is 2.10. The van der Waals surface area contributed by atoms with Crippen LogP contribution in [0.15, 0.2) is 30.3 Å². The number of halogens is 2. The standard InChI is InChI=1S/C18H19Cl2NO/c1-11-8-12(2)18(13(3)9-11)21-17(22)7-5-14-4-6-15(19)10-16(14)20/h4,6,8-10H,5,7H2,1-3H3,(H,21,22). The smallest absolute Gasteiger partial charge is 0.224 e. The highest BCUT2D eigenvalue weighted by molar-refractivity contribution is 6.35. The molecular formula is C18H19Cl2NO. The summed E-state index contributed by atoms with van der Waals surface area (Å²) in [4.78, 5) is 12.2. The van der Waals surface area contributed by atoms with E-state index >= 15 is 0 Å². The van der Waals surface area contributed by atoms with Gasteiger partial charge in [0.05, 0.1) is 0 Å². The van der Waals surface area contributed by atoms with Crippen LogP contribution in [0.3, 0.4) is 0 Å². The number of nitrogens with one attached hydrogen (secondary N) is 1. The number of carbonyl (C=O) groups excluding carboxylic acids is 1. The Morgan fingerprint density at radius 1 is 1.05 bits per heavy atom. The fourth-order valence-electron chi connectivity index (χ4n) is 2.55. The minimum atomic E-state index is -0.0129. The number of hydrogen-bond acceptors (Lipinski definition) is 1. The van der Waals surface area contributed by atoms with Gasteiger partial charge in [-0.15, -0.1) is 0 Å². The monoisotopic (exact) mass is 335 g/mol. The largest absolute Gasteiger partial charge is 0.326 e. The molecule has 2 aromatic carbocycles. The summed E-state index contributed by atoms with van der Waals surface area (Å²) in [5.41, 5.74) is 5.18. The van der Waals surface area contributed by atoms with Crippen LogP contribution in [0, 0.1) is 20.8 Å². The lowest BCUT2D eigenvalue weighted by Gasteiger charge is -2.13. The van der Waals surface area contributed by atoms with E-state index in [1.807, 2.05) is 26.8 Å². The molecule has 0 unspecified atom stereocenters. The molecule has 0 saturated heterocycles. The van der Waals surface area contributed by atoms with Crippen LogP contribution < -0.4 is 5.32 Å². The fourth-order valence-corrected chi connectivity index (χ4v) is 3.05. The zero-order chi connectivity index (χ0) is 16.3. The van der Waals surface area contributed by atoms with E-state index in [-0.39, 0.29) is 5.91 Å². The number of amides is 1. The van der Waals surface area contributed by atoms with Crippen LogP contribution in [0.5, 0.6) is 0 Å².